The number of carbonyl (C=O) groups excluding carboxylic acids is 2. The highest BCUT2D eigenvalue weighted by atomic mass is 16.5. The van der Waals surface area contributed by atoms with Gasteiger partial charge in [0.05, 0.1) is 24.0 Å². The Kier molecular flexibility index (Phi) is 3.34. The zero-order chi connectivity index (χ0) is 13.2. The first kappa shape index (κ1) is 12.4. The highest BCUT2D eigenvalue weighted by Crippen LogP contribution is 2.43. The fraction of sp³-hybridized carbons (Fsp3) is 0.467. The number of rotatable bonds is 4. The number of ether oxygens (including phenoxy) is 2. The van der Waals surface area contributed by atoms with Crippen LogP contribution in [-0.2, 0) is 25.7 Å². The predicted octanol–water partition coefficient (Wildman–Crippen LogP) is 1.72. The van der Waals surface area contributed by atoms with E-state index in [-0.39, 0.29) is 30.7 Å². The Morgan fingerprint density at radius 3 is 2.74 bits per heavy atom. The minimum Gasteiger partial charge on any atom is -0.461 e. The van der Waals surface area contributed by atoms with Crippen LogP contribution in [0.5, 0.6) is 0 Å². The topological polar surface area (TPSA) is 52.6 Å². The maximum Gasteiger partial charge on any atom is 0.312 e. The first-order chi connectivity index (χ1) is 9.29. The van der Waals surface area contributed by atoms with Gasteiger partial charge in [-0.25, -0.2) is 0 Å². The Balaban J connectivity index is 1.63. The van der Waals surface area contributed by atoms with Crippen molar-refractivity contribution in [1.29, 1.82) is 0 Å². The lowest BCUT2D eigenvalue weighted by Gasteiger charge is -2.22. The fourth-order valence-electron chi connectivity index (χ4n) is 3.02. The Hall–Kier alpha value is -1.68. The van der Waals surface area contributed by atoms with Crippen LogP contribution < -0.4 is 0 Å². The number of esters is 1. The number of fused-ring (bicyclic) bond motifs is 2. The van der Waals surface area contributed by atoms with Crippen molar-refractivity contribution in [3.8, 4) is 0 Å². The largest absolute Gasteiger partial charge is 0.461 e. The smallest absolute Gasteiger partial charge is 0.312 e. The molecule has 4 nitrogen and oxygen atoms in total. The summed E-state index contributed by atoms with van der Waals surface area (Å²) in [7, 11) is 0. The van der Waals surface area contributed by atoms with E-state index >= 15 is 0 Å². The van der Waals surface area contributed by atoms with Gasteiger partial charge in [-0.1, -0.05) is 30.3 Å². The quantitative estimate of drug-likeness (QED) is 0.611. The van der Waals surface area contributed by atoms with E-state index in [1.165, 1.54) is 0 Å². The average molecular weight is 260 g/mol. The van der Waals surface area contributed by atoms with Crippen molar-refractivity contribution >= 4 is 12.3 Å². The average Bonchev–Trinajstić information content (AvgIpc) is 3.06. The zero-order valence-electron chi connectivity index (χ0n) is 10.5. The van der Waals surface area contributed by atoms with Gasteiger partial charge in [0.1, 0.15) is 12.9 Å². The van der Waals surface area contributed by atoms with Crippen LogP contribution in [0.15, 0.2) is 30.3 Å². The van der Waals surface area contributed by atoms with E-state index < -0.39 is 5.92 Å². The highest BCUT2D eigenvalue weighted by molar-refractivity contribution is 5.78. The summed E-state index contributed by atoms with van der Waals surface area (Å²) in [6, 6.07) is 9.52. The van der Waals surface area contributed by atoms with Gasteiger partial charge in [-0.05, 0) is 18.4 Å². The molecule has 2 bridgehead atoms. The first-order valence-corrected chi connectivity index (χ1v) is 6.61. The van der Waals surface area contributed by atoms with Crippen molar-refractivity contribution in [2.75, 3.05) is 0 Å². The molecule has 0 aromatic heterocycles. The summed E-state index contributed by atoms with van der Waals surface area (Å²) in [4.78, 5) is 23.2. The summed E-state index contributed by atoms with van der Waals surface area (Å²) < 4.78 is 10.9. The van der Waals surface area contributed by atoms with Crippen molar-refractivity contribution in [3.05, 3.63) is 35.9 Å². The van der Waals surface area contributed by atoms with Crippen LogP contribution in [0.1, 0.15) is 18.4 Å². The van der Waals surface area contributed by atoms with Gasteiger partial charge in [0.2, 0.25) is 0 Å². The number of aldehydes is 1. The summed E-state index contributed by atoms with van der Waals surface area (Å²) in [5.41, 5.74) is 0.947. The van der Waals surface area contributed by atoms with Gasteiger partial charge >= 0.3 is 5.97 Å². The molecule has 4 unspecified atom stereocenters. The molecule has 2 heterocycles. The van der Waals surface area contributed by atoms with Gasteiger partial charge in [-0.2, -0.15) is 0 Å². The first-order valence-electron chi connectivity index (χ1n) is 6.61. The van der Waals surface area contributed by atoms with Gasteiger partial charge < -0.3 is 14.3 Å². The molecule has 19 heavy (non-hydrogen) atoms. The van der Waals surface area contributed by atoms with Crippen LogP contribution in [-0.4, -0.2) is 24.5 Å². The molecular formula is C15H16O4. The molecule has 4 heteroatoms. The van der Waals surface area contributed by atoms with E-state index in [0.717, 1.165) is 24.7 Å². The van der Waals surface area contributed by atoms with Crippen molar-refractivity contribution in [1.82, 2.24) is 0 Å². The molecule has 0 radical (unpaired) electrons. The molecule has 3 rings (SSSR count). The molecule has 2 saturated heterocycles. The van der Waals surface area contributed by atoms with E-state index in [9.17, 15) is 9.59 Å². The standard InChI is InChI=1S/C15H16O4/c16-8-11-12-6-7-13(19-12)14(11)15(17)18-9-10-4-2-1-3-5-10/h1-5,8,11-14H,6-7,9H2. The van der Waals surface area contributed by atoms with E-state index in [1.54, 1.807) is 0 Å². The Bertz CT molecular complexity index is 470. The molecule has 2 aliphatic heterocycles. The minimum atomic E-state index is -0.417. The monoisotopic (exact) mass is 260 g/mol. The molecule has 0 amide bonds. The molecule has 2 fully saturated rings. The third-order valence-electron chi connectivity index (χ3n) is 3.98. The maximum absolute atomic E-state index is 12.1. The van der Waals surface area contributed by atoms with E-state index in [0.29, 0.717) is 0 Å². The highest BCUT2D eigenvalue weighted by Gasteiger charge is 2.53. The normalized spacial score (nSPS) is 32.2. The second kappa shape index (κ2) is 5.13. The van der Waals surface area contributed by atoms with Gasteiger partial charge in [0.15, 0.2) is 0 Å². The second-order valence-electron chi connectivity index (χ2n) is 5.12. The molecule has 100 valence electrons. The Morgan fingerprint density at radius 2 is 2.00 bits per heavy atom. The summed E-state index contributed by atoms with van der Waals surface area (Å²) in [5, 5.41) is 0. The number of hydrogen-bond donors (Lipinski definition) is 0. The van der Waals surface area contributed by atoms with Gasteiger partial charge in [0.25, 0.3) is 0 Å². The van der Waals surface area contributed by atoms with Crippen molar-refractivity contribution in [2.45, 2.75) is 31.7 Å². The molecule has 0 spiro atoms. The van der Waals surface area contributed by atoms with Crippen molar-refractivity contribution < 1.29 is 19.1 Å². The number of carbonyl (C=O) groups is 2. The van der Waals surface area contributed by atoms with Gasteiger partial charge in [0, 0.05) is 0 Å². The van der Waals surface area contributed by atoms with E-state index in [4.69, 9.17) is 9.47 Å². The summed E-state index contributed by atoms with van der Waals surface area (Å²) >= 11 is 0. The molecule has 4 atom stereocenters. The van der Waals surface area contributed by atoms with Gasteiger partial charge in [-0.15, -0.1) is 0 Å². The molecule has 0 N–H and O–H groups in total. The predicted molar refractivity (Wildman–Crippen MR) is 67.2 cm³/mol. The molecule has 0 saturated carbocycles. The van der Waals surface area contributed by atoms with Crippen molar-refractivity contribution in [3.63, 3.8) is 0 Å². The zero-order valence-corrected chi connectivity index (χ0v) is 10.5. The maximum atomic E-state index is 12.1. The van der Waals surface area contributed by atoms with Crippen molar-refractivity contribution in [2.24, 2.45) is 11.8 Å². The lowest BCUT2D eigenvalue weighted by Crippen LogP contribution is -2.35. The molecule has 0 aliphatic carbocycles. The molecule has 1 aromatic rings. The third kappa shape index (κ3) is 2.28. The SMILES string of the molecule is O=CC1C2CCC(O2)C1C(=O)OCc1ccccc1. The molecular weight excluding hydrogens is 244 g/mol. The number of hydrogen-bond acceptors (Lipinski definition) is 4. The summed E-state index contributed by atoms with van der Waals surface area (Å²) in [5.74, 6) is -1.06. The van der Waals surface area contributed by atoms with Crippen LogP contribution in [0.25, 0.3) is 0 Å². The van der Waals surface area contributed by atoms with Gasteiger partial charge in [-0.3, -0.25) is 4.79 Å². The van der Waals surface area contributed by atoms with Crippen LogP contribution in [0.3, 0.4) is 0 Å². The minimum absolute atomic E-state index is 0.0863. The summed E-state index contributed by atoms with van der Waals surface area (Å²) in [6.07, 6.45) is 2.34. The number of benzene rings is 1. The van der Waals surface area contributed by atoms with E-state index in [1.807, 2.05) is 30.3 Å². The molecule has 2 aliphatic rings. The van der Waals surface area contributed by atoms with Crippen LogP contribution in [0.4, 0.5) is 0 Å². The van der Waals surface area contributed by atoms with E-state index in [2.05, 4.69) is 0 Å². The Morgan fingerprint density at radius 1 is 1.26 bits per heavy atom. The Labute approximate surface area is 111 Å². The fourth-order valence-corrected chi connectivity index (χ4v) is 3.02. The lowest BCUT2D eigenvalue weighted by atomic mass is 9.80. The lowest BCUT2D eigenvalue weighted by molar-refractivity contribution is -0.153. The molecule has 1 aromatic carbocycles. The van der Waals surface area contributed by atoms with Crippen LogP contribution in [0, 0.1) is 11.8 Å². The van der Waals surface area contributed by atoms with Crippen LogP contribution in [0.2, 0.25) is 0 Å². The summed E-state index contributed by atoms with van der Waals surface area (Å²) in [6.45, 7) is 0.249. The second-order valence-corrected chi connectivity index (χ2v) is 5.12. The van der Waals surface area contributed by atoms with Crippen LogP contribution >= 0.6 is 0 Å². The third-order valence-corrected chi connectivity index (χ3v) is 3.98.